The van der Waals surface area contributed by atoms with Gasteiger partial charge in [0, 0.05) is 32.5 Å². The lowest BCUT2D eigenvalue weighted by molar-refractivity contribution is -0.256. The van der Waals surface area contributed by atoms with Crippen LogP contribution in [0.15, 0.2) is 0 Å². The van der Waals surface area contributed by atoms with Gasteiger partial charge in [-0.1, -0.05) is 0 Å². The number of aldehydes is 1. The summed E-state index contributed by atoms with van der Waals surface area (Å²) in [4.78, 5) is 47.6. The van der Waals surface area contributed by atoms with Gasteiger partial charge in [0.25, 0.3) is 0 Å². The minimum Gasteiger partial charge on any atom is -0.479 e. The molecule has 0 amide bonds. The minimum atomic E-state index is -1.99. The van der Waals surface area contributed by atoms with E-state index in [4.69, 9.17) is 18.9 Å². The summed E-state index contributed by atoms with van der Waals surface area (Å²) >= 11 is 0. The molecule has 0 aromatic heterocycles. The Labute approximate surface area is 284 Å². The van der Waals surface area contributed by atoms with Crippen LogP contribution >= 0.6 is 0 Å². The molecule has 3 saturated heterocycles. The van der Waals surface area contributed by atoms with Crippen LogP contribution < -0.4 is 0 Å². The maximum absolute atomic E-state index is 12.3. The average molecular weight is 731 g/mol. The number of carboxylic acids is 3. The third-order valence-electron chi connectivity index (χ3n) is 9.76. The Morgan fingerprint density at radius 1 is 0.640 bits per heavy atom. The molecule has 19 unspecified atom stereocenters. The highest BCUT2D eigenvalue weighted by atomic mass is 16.6. The van der Waals surface area contributed by atoms with E-state index in [-0.39, 0.29) is 0 Å². The Kier molecular flexibility index (Phi) is 15.0. The molecule has 50 heavy (non-hydrogen) atoms. The number of carboxylic acid groups (broad SMARTS) is 3. The molecule has 0 aliphatic carbocycles. The fourth-order valence-electron chi connectivity index (χ4n) is 6.96. The highest BCUT2D eigenvalue weighted by Gasteiger charge is 2.55. The molecule has 0 spiro atoms. The molecule has 288 valence electrons. The van der Waals surface area contributed by atoms with Crippen molar-refractivity contribution in [3.63, 3.8) is 0 Å². The summed E-state index contributed by atoms with van der Waals surface area (Å²) in [5.41, 5.74) is 0. The fourth-order valence-corrected chi connectivity index (χ4v) is 6.96. The van der Waals surface area contributed by atoms with Crippen LogP contribution in [-0.4, -0.2) is 198 Å². The average Bonchev–Trinajstić information content (AvgIpc) is 3.07. The molecule has 19 atom stereocenters. The maximum Gasteiger partial charge on any atom is 0.335 e. The van der Waals surface area contributed by atoms with Gasteiger partial charge in [0.15, 0.2) is 24.6 Å². The van der Waals surface area contributed by atoms with Crippen molar-refractivity contribution in [1.29, 1.82) is 0 Å². The lowest BCUT2D eigenvalue weighted by Gasteiger charge is -2.48. The molecule has 3 aliphatic heterocycles. The van der Waals surface area contributed by atoms with Gasteiger partial charge >= 0.3 is 17.9 Å². The third kappa shape index (κ3) is 8.93. The number of aliphatic carboxylic acids is 3. The molecule has 12 N–H and O–H groups in total. The number of ether oxygens (including phenoxy) is 5. The molecule has 3 rings (SSSR count). The van der Waals surface area contributed by atoms with Gasteiger partial charge in [0.2, 0.25) is 0 Å². The lowest BCUT2D eigenvalue weighted by atomic mass is 9.75. The quantitative estimate of drug-likeness (QED) is 0.0519. The molecule has 0 aromatic carbocycles. The zero-order valence-corrected chi connectivity index (χ0v) is 26.9. The first-order valence-electron chi connectivity index (χ1n) is 15.7. The van der Waals surface area contributed by atoms with Gasteiger partial charge in [-0.05, 0) is 25.2 Å². The van der Waals surface area contributed by atoms with Gasteiger partial charge in [-0.2, -0.15) is 0 Å². The molecule has 0 saturated carbocycles. The predicted molar refractivity (Wildman–Crippen MR) is 156 cm³/mol. The third-order valence-corrected chi connectivity index (χ3v) is 9.76. The first kappa shape index (κ1) is 41.9. The number of methoxy groups -OCH3 is 2. The normalized spacial score (nSPS) is 41.8. The Balaban J connectivity index is 1.80. The van der Waals surface area contributed by atoms with Crippen LogP contribution in [0.4, 0.5) is 0 Å². The van der Waals surface area contributed by atoms with E-state index in [1.54, 1.807) is 0 Å². The molecule has 3 aliphatic rings. The summed E-state index contributed by atoms with van der Waals surface area (Å²) in [6, 6.07) is 0. The Morgan fingerprint density at radius 3 is 1.48 bits per heavy atom. The Morgan fingerprint density at radius 2 is 1.06 bits per heavy atom. The largest absolute Gasteiger partial charge is 0.479 e. The second kappa shape index (κ2) is 17.8. The number of aliphatic hydroxyl groups excluding tert-OH is 9. The highest BCUT2D eigenvalue weighted by molar-refractivity contribution is 5.74. The topological polar surface area (TPSA) is 357 Å². The van der Waals surface area contributed by atoms with Gasteiger partial charge in [-0.15, -0.1) is 0 Å². The van der Waals surface area contributed by atoms with E-state index in [1.165, 1.54) is 0 Å². The SMILES string of the molecule is COC(O)C(O)C(O)C(CC=O)CC1OC(C(=O)O)C(CC2OC(C(=O)O)C(CC3OC(C(=O)O)C(OC)C(O)C3O)C(O)C2O)C(O)C1O. The van der Waals surface area contributed by atoms with Gasteiger partial charge < -0.3 is 89.8 Å². The van der Waals surface area contributed by atoms with Crippen LogP contribution in [0.1, 0.15) is 25.7 Å². The van der Waals surface area contributed by atoms with E-state index in [0.717, 1.165) is 14.2 Å². The van der Waals surface area contributed by atoms with Gasteiger partial charge in [-0.25, -0.2) is 14.4 Å². The van der Waals surface area contributed by atoms with E-state index >= 15 is 0 Å². The molecular weight excluding hydrogens is 684 g/mol. The maximum atomic E-state index is 12.3. The Bertz CT molecular complexity index is 1160. The second-order valence-corrected chi connectivity index (χ2v) is 12.7. The Hall–Kier alpha value is -2.48. The molecule has 3 heterocycles. The van der Waals surface area contributed by atoms with Crippen molar-refractivity contribution in [2.75, 3.05) is 14.2 Å². The first-order chi connectivity index (χ1) is 23.4. The van der Waals surface area contributed by atoms with E-state index < -0.39 is 159 Å². The smallest absolute Gasteiger partial charge is 0.335 e. The van der Waals surface area contributed by atoms with E-state index in [0.29, 0.717) is 6.29 Å². The van der Waals surface area contributed by atoms with Crippen molar-refractivity contribution in [3.05, 3.63) is 0 Å². The van der Waals surface area contributed by atoms with Crippen molar-refractivity contribution in [2.24, 2.45) is 17.8 Å². The zero-order valence-electron chi connectivity index (χ0n) is 26.9. The molecule has 21 nitrogen and oxygen atoms in total. The molecule has 21 heteroatoms. The van der Waals surface area contributed by atoms with Crippen molar-refractivity contribution in [1.82, 2.24) is 0 Å². The number of hydrogen-bond acceptors (Lipinski definition) is 18. The van der Waals surface area contributed by atoms with Crippen molar-refractivity contribution < 1.29 is 104 Å². The summed E-state index contributed by atoms with van der Waals surface area (Å²) < 4.78 is 26.0. The molecule has 0 radical (unpaired) electrons. The zero-order chi connectivity index (χ0) is 37.8. The van der Waals surface area contributed by atoms with Crippen molar-refractivity contribution in [2.45, 2.75) is 124 Å². The van der Waals surface area contributed by atoms with Gasteiger partial charge in [-0.3, -0.25) is 0 Å². The highest BCUT2D eigenvalue weighted by Crippen LogP contribution is 2.40. The van der Waals surface area contributed by atoms with Crippen LogP contribution in [-0.2, 0) is 42.9 Å². The molecular formula is C29H46O21. The van der Waals surface area contributed by atoms with E-state index in [9.17, 15) is 80.5 Å². The standard InChI is InChI=1S/C29H46O21/c1-46-24-20(37)19(36)13(50-25(24)28(43)44)7-10-16(33)18(35)12(49-23(10)27(41)42)6-9-15(32)17(34)11(48-22(9)26(39)40)5-8(3-4-30)14(31)21(38)29(45)47-2/h4,8-25,29,31-38,45H,3,5-7H2,1-2H3,(H,39,40)(H,41,42)(H,43,44). The predicted octanol–water partition coefficient (Wildman–Crippen LogP) is -5.98. The number of carbonyl (C=O) groups is 4. The molecule has 0 aromatic rings. The van der Waals surface area contributed by atoms with Crippen molar-refractivity contribution >= 4 is 24.2 Å². The van der Waals surface area contributed by atoms with Crippen LogP contribution in [0.25, 0.3) is 0 Å². The lowest BCUT2D eigenvalue weighted by Crippen LogP contribution is -2.64. The summed E-state index contributed by atoms with van der Waals surface area (Å²) in [7, 11) is 2.09. The van der Waals surface area contributed by atoms with Gasteiger partial charge in [0.1, 0.15) is 42.9 Å². The molecule has 0 bridgehead atoms. The van der Waals surface area contributed by atoms with Crippen LogP contribution in [0, 0.1) is 17.8 Å². The number of hydrogen-bond donors (Lipinski definition) is 12. The number of carbonyl (C=O) groups excluding carboxylic acids is 1. The van der Waals surface area contributed by atoms with Crippen LogP contribution in [0.5, 0.6) is 0 Å². The van der Waals surface area contributed by atoms with E-state index in [1.807, 2.05) is 0 Å². The second-order valence-electron chi connectivity index (χ2n) is 12.7. The monoisotopic (exact) mass is 730 g/mol. The van der Waals surface area contributed by atoms with Crippen LogP contribution in [0.2, 0.25) is 0 Å². The summed E-state index contributed by atoms with van der Waals surface area (Å²) in [6.45, 7) is 0. The van der Waals surface area contributed by atoms with Crippen molar-refractivity contribution in [3.8, 4) is 0 Å². The minimum absolute atomic E-state index is 0.353. The van der Waals surface area contributed by atoms with Crippen LogP contribution in [0.3, 0.4) is 0 Å². The summed E-state index contributed by atoms with van der Waals surface area (Å²) in [6.07, 6.45) is -31.3. The fraction of sp³-hybridized carbons (Fsp3) is 0.862. The van der Waals surface area contributed by atoms with Gasteiger partial charge in [0.05, 0.1) is 36.6 Å². The number of aliphatic hydroxyl groups is 9. The molecule has 3 fully saturated rings. The summed E-state index contributed by atoms with van der Waals surface area (Å²) in [5.74, 6) is -9.41. The van der Waals surface area contributed by atoms with E-state index in [2.05, 4.69) is 4.74 Å². The number of rotatable bonds is 16. The summed E-state index contributed by atoms with van der Waals surface area (Å²) in [5, 5.41) is 125. The first-order valence-corrected chi connectivity index (χ1v) is 15.7.